The number of fused-ring (bicyclic) bond motifs is 1. The SMILES string of the molecule is [C-]#[N+]c1cccc(-c2nc3c(o2)CN(c2ccccn2)CC3)c1. The smallest absolute Gasteiger partial charge is 0.225 e. The Morgan fingerprint density at radius 2 is 2.13 bits per heavy atom. The van der Waals surface area contributed by atoms with E-state index in [0.717, 1.165) is 35.8 Å². The number of pyridine rings is 1. The van der Waals surface area contributed by atoms with Gasteiger partial charge in [0.1, 0.15) is 11.6 Å². The second kappa shape index (κ2) is 5.58. The lowest BCUT2D eigenvalue weighted by Gasteiger charge is -2.25. The van der Waals surface area contributed by atoms with Crippen LogP contribution in [0.15, 0.2) is 53.1 Å². The second-order valence-electron chi connectivity index (χ2n) is 5.41. The van der Waals surface area contributed by atoms with E-state index in [-0.39, 0.29) is 0 Å². The predicted octanol–water partition coefficient (Wildman–Crippen LogP) is 3.85. The minimum absolute atomic E-state index is 0.586. The molecule has 0 unspecified atom stereocenters. The van der Waals surface area contributed by atoms with Crippen LogP contribution in [0.2, 0.25) is 0 Å². The number of hydrogen-bond acceptors (Lipinski definition) is 4. The summed E-state index contributed by atoms with van der Waals surface area (Å²) >= 11 is 0. The van der Waals surface area contributed by atoms with E-state index in [4.69, 9.17) is 11.0 Å². The van der Waals surface area contributed by atoms with E-state index in [2.05, 4.69) is 19.7 Å². The monoisotopic (exact) mass is 302 g/mol. The Hall–Kier alpha value is -3.13. The third kappa shape index (κ3) is 2.55. The maximum atomic E-state index is 7.11. The fourth-order valence-electron chi connectivity index (χ4n) is 2.76. The summed E-state index contributed by atoms with van der Waals surface area (Å²) in [5.74, 6) is 2.42. The van der Waals surface area contributed by atoms with Gasteiger partial charge in [0.25, 0.3) is 0 Å². The standard InChI is InChI=1S/C18H14N4O/c1-19-14-6-4-5-13(11-14)18-21-15-8-10-22(12-16(15)23-18)17-7-2-3-9-20-17/h2-7,9,11H,8,10,12H2. The molecule has 23 heavy (non-hydrogen) atoms. The number of hydrogen-bond donors (Lipinski definition) is 0. The van der Waals surface area contributed by atoms with Crippen LogP contribution in [0.5, 0.6) is 0 Å². The van der Waals surface area contributed by atoms with Crippen molar-refractivity contribution in [2.75, 3.05) is 11.4 Å². The molecule has 0 radical (unpaired) electrons. The van der Waals surface area contributed by atoms with Crippen LogP contribution in [0.25, 0.3) is 16.3 Å². The van der Waals surface area contributed by atoms with Gasteiger partial charge in [-0.15, -0.1) is 0 Å². The first-order chi connectivity index (χ1) is 11.3. The first-order valence-corrected chi connectivity index (χ1v) is 7.46. The number of nitrogens with zero attached hydrogens (tertiary/aromatic N) is 4. The maximum absolute atomic E-state index is 7.11. The molecule has 0 saturated carbocycles. The highest BCUT2D eigenvalue weighted by Gasteiger charge is 2.23. The highest BCUT2D eigenvalue weighted by Crippen LogP contribution is 2.29. The van der Waals surface area contributed by atoms with Crippen LogP contribution in [0.4, 0.5) is 11.5 Å². The fraction of sp³-hybridized carbons (Fsp3) is 0.167. The zero-order chi connectivity index (χ0) is 15.6. The normalized spacial score (nSPS) is 13.4. The van der Waals surface area contributed by atoms with Crippen molar-refractivity contribution in [1.29, 1.82) is 0 Å². The molecule has 0 bridgehead atoms. The first kappa shape index (κ1) is 13.5. The van der Waals surface area contributed by atoms with Crippen LogP contribution in [-0.4, -0.2) is 16.5 Å². The Labute approximate surface area is 134 Å². The van der Waals surface area contributed by atoms with Gasteiger partial charge in [0, 0.05) is 24.7 Å². The summed E-state index contributed by atoms with van der Waals surface area (Å²) in [6.07, 6.45) is 2.63. The van der Waals surface area contributed by atoms with Crippen molar-refractivity contribution in [2.45, 2.75) is 13.0 Å². The van der Waals surface area contributed by atoms with Crippen molar-refractivity contribution >= 4 is 11.5 Å². The Kier molecular flexibility index (Phi) is 3.28. The van der Waals surface area contributed by atoms with E-state index in [0.29, 0.717) is 18.1 Å². The molecule has 1 aromatic carbocycles. The summed E-state index contributed by atoms with van der Waals surface area (Å²) in [5.41, 5.74) is 2.44. The van der Waals surface area contributed by atoms with Crippen molar-refractivity contribution in [2.24, 2.45) is 0 Å². The highest BCUT2D eigenvalue weighted by molar-refractivity contribution is 5.62. The molecule has 0 amide bonds. The summed E-state index contributed by atoms with van der Waals surface area (Å²) in [7, 11) is 0. The molecule has 0 fully saturated rings. The van der Waals surface area contributed by atoms with Gasteiger partial charge in [-0.25, -0.2) is 14.8 Å². The molecule has 0 atom stereocenters. The second-order valence-corrected chi connectivity index (χ2v) is 5.41. The fourth-order valence-corrected chi connectivity index (χ4v) is 2.76. The third-order valence-electron chi connectivity index (χ3n) is 3.93. The maximum Gasteiger partial charge on any atom is 0.225 e. The van der Waals surface area contributed by atoms with Gasteiger partial charge in [0.15, 0.2) is 5.69 Å². The average Bonchev–Trinajstić information content (AvgIpc) is 3.06. The van der Waals surface area contributed by atoms with Crippen LogP contribution in [-0.2, 0) is 13.0 Å². The van der Waals surface area contributed by atoms with E-state index in [1.165, 1.54) is 0 Å². The lowest BCUT2D eigenvalue weighted by molar-refractivity contribution is 0.494. The zero-order valence-electron chi connectivity index (χ0n) is 12.4. The van der Waals surface area contributed by atoms with Crippen molar-refractivity contribution in [3.63, 3.8) is 0 Å². The summed E-state index contributed by atoms with van der Waals surface area (Å²) in [6, 6.07) is 13.3. The van der Waals surface area contributed by atoms with Crippen LogP contribution >= 0.6 is 0 Å². The molecule has 3 aromatic rings. The molecule has 1 aliphatic heterocycles. The van der Waals surface area contributed by atoms with E-state index in [1.54, 1.807) is 18.3 Å². The summed E-state index contributed by atoms with van der Waals surface area (Å²) in [5, 5.41) is 0. The third-order valence-corrected chi connectivity index (χ3v) is 3.93. The lowest BCUT2D eigenvalue weighted by atomic mass is 10.1. The highest BCUT2D eigenvalue weighted by atomic mass is 16.4. The molecule has 0 spiro atoms. The molecule has 5 heteroatoms. The predicted molar refractivity (Wildman–Crippen MR) is 87.2 cm³/mol. The first-order valence-electron chi connectivity index (χ1n) is 7.46. The largest absolute Gasteiger partial charge is 0.439 e. The Morgan fingerprint density at radius 1 is 1.17 bits per heavy atom. The molecule has 112 valence electrons. The van der Waals surface area contributed by atoms with Gasteiger partial charge in [0.05, 0.1) is 18.8 Å². The molecule has 2 aromatic heterocycles. The topological polar surface area (TPSA) is 46.5 Å². The van der Waals surface area contributed by atoms with Gasteiger partial charge in [-0.2, -0.15) is 0 Å². The van der Waals surface area contributed by atoms with Crippen LogP contribution < -0.4 is 4.90 Å². The molecular weight excluding hydrogens is 288 g/mol. The zero-order valence-corrected chi connectivity index (χ0v) is 12.4. The van der Waals surface area contributed by atoms with Gasteiger partial charge in [-0.05, 0) is 18.2 Å². The molecule has 4 rings (SSSR count). The van der Waals surface area contributed by atoms with Crippen molar-refractivity contribution in [3.05, 3.63) is 71.5 Å². The Balaban J connectivity index is 1.64. The van der Waals surface area contributed by atoms with Gasteiger partial charge >= 0.3 is 0 Å². The average molecular weight is 302 g/mol. The number of benzene rings is 1. The van der Waals surface area contributed by atoms with Crippen molar-refractivity contribution < 1.29 is 4.42 Å². The van der Waals surface area contributed by atoms with Crippen LogP contribution in [0.1, 0.15) is 11.5 Å². The quantitative estimate of drug-likeness (QED) is 0.675. The Bertz CT molecular complexity index is 880. The van der Waals surface area contributed by atoms with Gasteiger partial charge in [-0.1, -0.05) is 24.3 Å². The Morgan fingerprint density at radius 3 is 2.96 bits per heavy atom. The van der Waals surface area contributed by atoms with Crippen molar-refractivity contribution in [1.82, 2.24) is 9.97 Å². The summed E-state index contributed by atoms with van der Waals surface area (Å²) in [6.45, 7) is 8.66. The van der Waals surface area contributed by atoms with E-state index in [1.807, 2.05) is 30.3 Å². The van der Waals surface area contributed by atoms with Gasteiger partial charge in [0.2, 0.25) is 5.89 Å². The van der Waals surface area contributed by atoms with Crippen LogP contribution in [0, 0.1) is 6.57 Å². The van der Waals surface area contributed by atoms with Crippen LogP contribution in [0.3, 0.4) is 0 Å². The molecule has 1 aliphatic rings. The van der Waals surface area contributed by atoms with E-state index < -0.39 is 0 Å². The van der Waals surface area contributed by atoms with Crippen molar-refractivity contribution in [3.8, 4) is 11.5 Å². The van der Waals surface area contributed by atoms with E-state index in [9.17, 15) is 0 Å². The number of rotatable bonds is 2. The molecular formula is C18H14N4O. The molecule has 3 heterocycles. The molecule has 5 nitrogen and oxygen atoms in total. The summed E-state index contributed by atoms with van der Waals surface area (Å²) in [4.78, 5) is 14.6. The molecule has 0 aliphatic carbocycles. The minimum Gasteiger partial charge on any atom is -0.439 e. The lowest BCUT2D eigenvalue weighted by Crippen LogP contribution is -2.30. The number of aromatic nitrogens is 2. The summed E-state index contributed by atoms with van der Waals surface area (Å²) < 4.78 is 5.96. The van der Waals surface area contributed by atoms with Gasteiger partial charge in [-0.3, -0.25) is 0 Å². The molecule has 0 N–H and O–H groups in total. The van der Waals surface area contributed by atoms with Gasteiger partial charge < -0.3 is 9.32 Å². The minimum atomic E-state index is 0.586. The molecule has 0 saturated heterocycles. The number of oxazole rings is 1. The number of anilines is 1. The van der Waals surface area contributed by atoms with E-state index >= 15 is 0 Å².